The first-order chi connectivity index (χ1) is 10.1. The standard InChI is InChI=1S/C19H34O2/c1-16(2)6-4-3-5-7-18(20)21-15-14-19-11-8-17(9-12-19)10-13-19/h16-17H,3-15H2,1-2H3. The first-order valence-electron chi connectivity index (χ1n) is 9.25. The summed E-state index contributed by atoms with van der Waals surface area (Å²) < 4.78 is 5.48. The Hall–Kier alpha value is -0.530. The lowest BCUT2D eigenvalue weighted by Crippen LogP contribution is -2.35. The molecule has 0 aliphatic heterocycles. The topological polar surface area (TPSA) is 26.3 Å². The summed E-state index contributed by atoms with van der Waals surface area (Å²) in [6.07, 6.45) is 14.8. The van der Waals surface area contributed by atoms with Crippen molar-refractivity contribution in [3.63, 3.8) is 0 Å². The van der Waals surface area contributed by atoms with E-state index in [-0.39, 0.29) is 5.97 Å². The van der Waals surface area contributed by atoms with Gasteiger partial charge in [0.2, 0.25) is 0 Å². The van der Waals surface area contributed by atoms with Crippen molar-refractivity contribution in [2.24, 2.45) is 17.3 Å². The van der Waals surface area contributed by atoms with Gasteiger partial charge in [-0.2, -0.15) is 0 Å². The Bertz CT molecular complexity index is 300. The van der Waals surface area contributed by atoms with Gasteiger partial charge in [-0.15, -0.1) is 0 Å². The third kappa shape index (κ3) is 5.64. The van der Waals surface area contributed by atoms with Crippen molar-refractivity contribution in [1.82, 2.24) is 0 Å². The second kappa shape index (κ2) is 8.19. The van der Waals surface area contributed by atoms with E-state index in [9.17, 15) is 4.79 Å². The molecule has 0 N–H and O–H groups in total. The molecule has 0 heterocycles. The number of hydrogen-bond acceptors (Lipinski definition) is 2. The van der Waals surface area contributed by atoms with Crippen LogP contribution in [0.5, 0.6) is 0 Å². The maximum atomic E-state index is 11.8. The number of esters is 1. The lowest BCUT2D eigenvalue weighted by Gasteiger charge is -2.46. The minimum Gasteiger partial charge on any atom is -0.466 e. The van der Waals surface area contributed by atoms with E-state index in [1.54, 1.807) is 0 Å². The van der Waals surface area contributed by atoms with Crippen molar-refractivity contribution in [3.8, 4) is 0 Å². The molecule has 3 aliphatic rings. The number of carbonyl (C=O) groups excluding carboxylic acids is 1. The van der Waals surface area contributed by atoms with Crippen LogP contribution in [0.25, 0.3) is 0 Å². The first-order valence-corrected chi connectivity index (χ1v) is 9.25. The van der Waals surface area contributed by atoms with Gasteiger partial charge in [-0.25, -0.2) is 0 Å². The quantitative estimate of drug-likeness (QED) is 0.415. The van der Waals surface area contributed by atoms with E-state index in [1.165, 1.54) is 57.8 Å². The van der Waals surface area contributed by atoms with Crippen molar-refractivity contribution < 1.29 is 9.53 Å². The van der Waals surface area contributed by atoms with Crippen molar-refractivity contribution in [3.05, 3.63) is 0 Å². The molecule has 0 aromatic carbocycles. The molecule has 0 atom stereocenters. The number of ether oxygens (including phenoxy) is 1. The molecule has 3 rings (SSSR count). The molecule has 0 radical (unpaired) electrons. The van der Waals surface area contributed by atoms with Gasteiger partial charge in [-0.05, 0) is 68.6 Å². The average Bonchev–Trinajstić information content (AvgIpc) is 2.48. The van der Waals surface area contributed by atoms with Crippen LogP contribution in [-0.4, -0.2) is 12.6 Å². The van der Waals surface area contributed by atoms with Crippen molar-refractivity contribution in [2.45, 2.75) is 90.9 Å². The minimum atomic E-state index is 0.0282. The minimum absolute atomic E-state index is 0.0282. The largest absolute Gasteiger partial charge is 0.466 e. The molecule has 3 fully saturated rings. The number of fused-ring (bicyclic) bond motifs is 3. The molecule has 0 spiro atoms. The zero-order valence-electron chi connectivity index (χ0n) is 14.2. The molecule has 3 aliphatic carbocycles. The Morgan fingerprint density at radius 1 is 1.10 bits per heavy atom. The molecule has 2 nitrogen and oxygen atoms in total. The Morgan fingerprint density at radius 2 is 1.76 bits per heavy atom. The monoisotopic (exact) mass is 294 g/mol. The van der Waals surface area contributed by atoms with Crippen LogP contribution in [0.3, 0.4) is 0 Å². The van der Waals surface area contributed by atoms with Crippen molar-refractivity contribution in [2.75, 3.05) is 6.61 Å². The van der Waals surface area contributed by atoms with Crippen LogP contribution in [0.1, 0.15) is 90.9 Å². The molecule has 2 bridgehead atoms. The third-order valence-corrected chi connectivity index (χ3v) is 5.81. The molecule has 21 heavy (non-hydrogen) atoms. The highest BCUT2D eigenvalue weighted by Gasteiger charge is 2.39. The van der Waals surface area contributed by atoms with Gasteiger partial charge >= 0.3 is 5.97 Å². The SMILES string of the molecule is CC(C)CCCCCC(=O)OCCC12CCC(CC1)CC2. The van der Waals surface area contributed by atoms with Crippen molar-refractivity contribution >= 4 is 5.97 Å². The van der Waals surface area contributed by atoms with Gasteiger partial charge in [0, 0.05) is 6.42 Å². The molecule has 2 heteroatoms. The van der Waals surface area contributed by atoms with Gasteiger partial charge in [0.15, 0.2) is 0 Å². The van der Waals surface area contributed by atoms with Gasteiger partial charge in [0.1, 0.15) is 0 Å². The van der Waals surface area contributed by atoms with Crippen LogP contribution >= 0.6 is 0 Å². The van der Waals surface area contributed by atoms with E-state index < -0.39 is 0 Å². The zero-order valence-corrected chi connectivity index (χ0v) is 14.2. The summed E-state index contributed by atoms with van der Waals surface area (Å²) >= 11 is 0. The molecule has 0 unspecified atom stereocenters. The Balaban J connectivity index is 1.51. The maximum absolute atomic E-state index is 11.8. The number of unbranched alkanes of at least 4 members (excludes halogenated alkanes) is 2. The van der Waals surface area contributed by atoms with Crippen LogP contribution in [0, 0.1) is 17.3 Å². The Labute approximate surface area is 131 Å². The normalized spacial score (nSPS) is 28.0. The van der Waals surface area contributed by atoms with Gasteiger partial charge in [0.05, 0.1) is 6.61 Å². The first kappa shape index (κ1) is 16.8. The molecule has 122 valence electrons. The van der Waals surface area contributed by atoms with Gasteiger partial charge < -0.3 is 4.74 Å². The highest BCUT2D eigenvalue weighted by molar-refractivity contribution is 5.69. The summed E-state index contributed by atoms with van der Waals surface area (Å²) in [7, 11) is 0. The molecule has 0 aromatic heterocycles. The van der Waals surface area contributed by atoms with E-state index in [1.807, 2.05) is 0 Å². The summed E-state index contributed by atoms with van der Waals surface area (Å²) in [5.74, 6) is 1.82. The summed E-state index contributed by atoms with van der Waals surface area (Å²) in [5.41, 5.74) is 0.534. The number of carbonyl (C=O) groups is 1. The molecule has 0 aromatic rings. The van der Waals surface area contributed by atoms with E-state index in [2.05, 4.69) is 13.8 Å². The molecule has 3 saturated carbocycles. The second-order valence-electron chi connectivity index (χ2n) is 7.95. The molecule has 0 amide bonds. The second-order valence-corrected chi connectivity index (χ2v) is 7.95. The van der Waals surface area contributed by atoms with Gasteiger partial charge in [-0.3, -0.25) is 4.79 Å². The summed E-state index contributed by atoms with van der Waals surface area (Å²) in [6.45, 7) is 5.17. The average molecular weight is 294 g/mol. The fourth-order valence-electron chi connectivity index (χ4n) is 4.17. The number of rotatable bonds is 9. The third-order valence-electron chi connectivity index (χ3n) is 5.81. The Kier molecular flexibility index (Phi) is 6.57. The van der Waals surface area contributed by atoms with Crippen LogP contribution in [-0.2, 0) is 9.53 Å². The fourth-order valence-corrected chi connectivity index (χ4v) is 4.17. The molecular weight excluding hydrogens is 260 g/mol. The number of hydrogen-bond donors (Lipinski definition) is 0. The van der Waals surface area contributed by atoms with E-state index >= 15 is 0 Å². The summed E-state index contributed by atoms with van der Waals surface area (Å²) in [5, 5.41) is 0. The lowest BCUT2D eigenvalue weighted by molar-refractivity contribution is -0.145. The molecular formula is C19H34O2. The highest BCUT2D eigenvalue weighted by Crippen LogP contribution is 2.52. The maximum Gasteiger partial charge on any atom is 0.305 e. The highest BCUT2D eigenvalue weighted by atomic mass is 16.5. The van der Waals surface area contributed by atoms with Crippen LogP contribution in [0.15, 0.2) is 0 Å². The zero-order chi connectivity index (χ0) is 15.1. The summed E-state index contributed by atoms with van der Waals surface area (Å²) in [4.78, 5) is 11.8. The smallest absolute Gasteiger partial charge is 0.305 e. The molecule has 0 saturated heterocycles. The van der Waals surface area contributed by atoms with Crippen LogP contribution in [0.4, 0.5) is 0 Å². The van der Waals surface area contributed by atoms with Gasteiger partial charge in [-0.1, -0.05) is 33.1 Å². The summed E-state index contributed by atoms with van der Waals surface area (Å²) in [6, 6.07) is 0. The van der Waals surface area contributed by atoms with Crippen LogP contribution < -0.4 is 0 Å². The lowest BCUT2D eigenvalue weighted by atomic mass is 9.59. The Morgan fingerprint density at radius 3 is 2.38 bits per heavy atom. The predicted octanol–water partition coefficient (Wildman–Crippen LogP) is 5.50. The van der Waals surface area contributed by atoms with Crippen molar-refractivity contribution in [1.29, 1.82) is 0 Å². The van der Waals surface area contributed by atoms with E-state index in [0.29, 0.717) is 18.4 Å². The van der Waals surface area contributed by atoms with E-state index in [0.717, 1.165) is 24.7 Å². The van der Waals surface area contributed by atoms with E-state index in [4.69, 9.17) is 4.74 Å². The van der Waals surface area contributed by atoms with Crippen LogP contribution in [0.2, 0.25) is 0 Å². The predicted molar refractivity (Wildman–Crippen MR) is 87.1 cm³/mol. The fraction of sp³-hybridized carbons (Fsp3) is 0.947. The van der Waals surface area contributed by atoms with Gasteiger partial charge in [0.25, 0.3) is 0 Å².